The molecule has 0 saturated carbocycles. The molecule has 26 heavy (non-hydrogen) atoms. The number of aliphatic imine (C=N–C) groups is 1. The molecule has 2 aromatic heterocycles. The summed E-state index contributed by atoms with van der Waals surface area (Å²) in [5.41, 5.74) is 3.19. The van der Waals surface area contributed by atoms with E-state index in [9.17, 15) is 5.21 Å². The molecule has 8 heteroatoms. The fourth-order valence-electron chi connectivity index (χ4n) is 3.26. The monoisotopic (exact) mass is 418 g/mol. The highest BCUT2D eigenvalue weighted by atomic mass is 79.9. The van der Waals surface area contributed by atoms with Crippen LogP contribution in [0.4, 0.5) is 0 Å². The summed E-state index contributed by atoms with van der Waals surface area (Å²) < 4.78 is 9.44. The highest BCUT2D eigenvalue weighted by molar-refractivity contribution is 9.10. The second kappa shape index (κ2) is 7.59. The zero-order valence-corrected chi connectivity index (χ0v) is 15.8. The summed E-state index contributed by atoms with van der Waals surface area (Å²) in [6.07, 6.45) is 10.8. The summed E-state index contributed by atoms with van der Waals surface area (Å²) >= 11 is 3.46. The van der Waals surface area contributed by atoms with Crippen LogP contribution in [-0.4, -0.2) is 33.9 Å². The van der Waals surface area contributed by atoms with Crippen molar-refractivity contribution in [3.8, 4) is 0 Å². The smallest absolute Gasteiger partial charge is 0.227 e. The number of dihydropyridines is 1. The van der Waals surface area contributed by atoms with Crippen LogP contribution in [0.5, 0.6) is 0 Å². The van der Waals surface area contributed by atoms with Gasteiger partial charge in [0.05, 0.1) is 17.3 Å². The lowest BCUT2D eigenvalue weighted by Crippen LogP contribution is -2.30. The minimum Gasteiger partial charge on any atom is -0.384 e. The third-order valence-electron chi connectivity index (χ3n) is 4.61. The van der Waals surface area contributed by atoms with E-state index in [0.717, 1.165) is 52.2 Å². The van der Waals surface area contributed by atoms with Crippen molar-refractivity contribution < 1.29 is 14.7 Å². The first-order chi connectivity index (χ1) is 12.7. The first-order valence-electron chi connectivity index (χ1n) is 8.66. The molecule has 7 nitrogen and oxygen atoms in total. The van der Waals surface area contributed by atoms with E-state index in [1.807, 2.05) is 23.0 Å². The Morgan fingerprint density at radius 2 is 2.38 bits per heavy atom. The number of ether oxygens (including phenoxy) is 1. The largest absolute Gasteiger partial charge is 0.384 e. The van der Waals surface area contributed by atoms with Gasteiger partial charge in [-0.15, -0.1) is 0 Å². The molecule has 4 heterocycles. The van der Waals surface area contributed by atoms with Crippen LogP contribution < -0.4 is 10.0 Å². The lowest BCUT2D eigenvalue weighted by atomic mass is 9.98. The van der Waals surface area contributed by atoms with Crippen LogP contribution in [-0.2, 0) is 11.3 Å². The lowest BCUT2D eigenvalue weighted by Gasteiger charge is -2.24. The minimum atomic E-state index is -0.0667. The summed E-state index contributed by atoms with van der Waals surface area (Å²) in [6.45, 7) is 2.15. The van der Waals surface area contributed by atoms with Crippen molar-refractivity contribution in [3.63, 3.8) is 0 Å². The van der Waals surface area contributed by atoms with Gasteiger partial charge in [-0.25, -0.2) is 4.68 Å². The second-order valence-electron chi connectivity index (χ2n) is 6.55. The van der Waals surface area contributed by atoms with Crippen molar-refractivity contribution in [1.82, 2.24) is 15.1 Å². The Labute approximate surface area is 160 Å². The fourth-order valence-corrected chi connectivity index (χ4v) is 3.57. The molecule has 2 unspecified atom stereocenters. The van der Waals surface area contributed by atoms with Crippen LogP contribution in [0.2, 0.25) is 0 Å². The Balaban J connectivity index is 1.53. The lowest BCUT2D eigenvalue weighted by molar-refractivity contribution is -0.905. The fraction of sp³-hybridized carbons (Fsp3) is 0.389. The van der Waals surface area contributed by atoms with Gasteiger partial charge < -0.3 is 10.1 Å². The molecular formula is C18H21BrN5O2+. The zero-order chi connectivity index (χ0) is 17.9. The average Bonchev–Trinajstić information content (AvgIpc) is 3.32. The standard InChI is InChI=1S/C18H21BrN5O2/c19-15-9-21-24(11-15)18-7-16(6-17(22-18)14-3-5-26-12-14)20-8-13-2-1-4-23(25)10-13/h1-2,4,6,9-11,14,18,20,25H,3,5,7-8,12H2/q+1. The molecule has 2 atom stereocenters. The van der Waals surface area contributed by atoms with Crippen molar-refractivity contribution in [2.45, 2.75) is 25.6 Å². The van der Waals surface area contributed by atoms with Crippen LogP contribution in [0.1, 0.15) is 24.6 Å². The number of nitrogens with zero attached hydrogens (tertiary/aromatic N) is 4. The minimum absolute atomic E-state index is 0.0667. The van der Waals surface area contributed by atoms with Gasteiger partial charge in [0, 0.05) is 59.5 Å². The third kappa shape index (κ3) is 3.96. The Morgan fingerprint density at radius 1 is 1.46 bits per heavy atom. The van der Waals surface area contributed by atoms with E-state index < -0.39 is 0 Å². The summed E-state index contributed by atoms with van der Waals surface area (Å²) in [6, 6.07) is 3.80. The van der Waals surface area contributed by atoms with Crippen LogP contribution in [0.25, 0.3) is 0 Å². The van der Waals surface area contributed by atoms with Gasteiger partial charge in [0.1, 0.15) is 6.17 Å². The van der Waals surface area contributed by atoms with Gasteiger partial charge >= 0.3 is 0 Å². The third-order valence-corrected chi connectivity index (χ3v) is 5.02. The molecule has 0 spiro atoms. The van der Waals surface area contributed by atoms with E-state index >= 15 is 0 Å². The van der Waals surface area contributed by atoms with Crippen molar-refractivity contribution in [3.05, 3.63) is 58.7 Å². The van der Waals surface area contributed by atoms with Gasteiger partial charge in [-0.2, -0.15) is 5.10 Å². The highest BCUT2D eigenvalue weighted by Crippen LogP contribution is 2.28. The van der Waals surface area contributed by atoms with Crippen molar-refractivity contribution in [2.75, 3.05) is 13.2 Å². The molecule has 136 valence electrons. The van der Waals surface area contributed by atoms with Crippen LogP contribution >= 0.6 is 15.9 Å². The molecule has 4 rings (SSSR count). The summed E-state index contributed by atoms with van der Waals surface area (Å²) in [4.78, 5) is 4.92. The predicted molar refractivity (Wildman–Crippen MR) is 98.7 cm³/mol. The number of allylic oxidation sites excluding steroid dienone is 1. The van der Waals surface area contributed by atoms with Crippen molar-refractivity contribution >= 4 is 21.6 Å². The summed E-state index contributed by atoms with van der Waals surface area (Å²) in [5.74, 6) is 0.338. The molecule has 0 radical (unpaired) electrons. The van der Waals surface area contributed by atoms with Gasteiger partial charge in [0.25, 0.3) is 0 Å². The molecule has 2 aliphatic rings. The molecule has 1 saturated heterocycles. The van der Waals surface area contributed by atoms with Gasteiger partial charge in [0.2, 0.25) is 12.4 Å². The molecule has 0 bridgehead atoms. The molecule has 2 N–H and O–H groups in total. The first kappa shape index (κ1) is 17.2. The second-order valence-corrected chi connectivity index (χ2v) is 7.47. The average molecular weight is 419 g/mol. The van der Waals surface area contributed by atoms with E-state index in [2.05, 4.69) is 32.4 Å². The van der Waals surface area contributed by atoms with Crippen LogP contribution in [0.3, 0.4) is 0 Å². The van der Waals surface area contributed by atoms with E-state index in [4.69, 9.17) is 9.73 Å². The maximum absolute atomic E-state index is 9.55. The molecule has 2 aliphatic heterocycles. The van der Waals surface area contributed by atoms with E-state index in [0.29, 0.717) is 12.5 Å². The topological polar surface area (TPSA) is 75.6 Å². The normalized spacial score (nSPS) is 22.8. The number of pyridine rings is 1. The van der Waals surface area contributed by atoms with Gasteiger partial charge in [-0.05, 0) is 34.5 Å². The van der Waals surface area contributed by atoms with Crippen molar-refractivity contribution in [1.29, 1.82) is 0 Å². The van der Waals surface area contributed by atoms with E-state index in [-0.39, 0.29) is 6.17 Å². The van der Waals surface area contributed by atoms with E-state index in [1.165, 1.54) is 0 Å². The first-order valence-corrected chi connectivity index (χ1v) is 9.45. The molecular weight excluding hydrogens is 398 g/mol. The number of nitrogens with one attached hydrogen (secondary N) is 1. The van der Waals surface area contributed by atoms with Gasteiger partial charge in [-0.3, -0.25) is 10.2 Å². The van der Waals surface area contributed by atoms with Crippen LogP contribution in [0.15, 0.2) is 58.2 Å². The van der Waals surface area contributed by atoms with Crippen LogP contribution in [0, 0.1) is 5.92 Å². The molecule has 0 aliphatic carbocycles. The molecule has 0 amide bonds. The maximum Gasteiger partial charge on any atom is 0.227 e. The number of hydrogen-bond acceptors (Lipinski definition) is 5. The Kier molecular flexibility index (Phi) is 5.03. The van der Waals surface area contributed by atoms with Gasteiger partial charge in [-0.1, -0.05) is 0 Å². The number of hydrogen-bond donors (Lipinski definition) is 2. The number of aromatic nitrogens is 3. The van der Waals surface area contributed by atoms with Crippen molar-refractivity contribution in [2.24, 2.45) is 10.9 Å². The predicted octanol–water partition coefficient (Wildman–Crippen LogP) is 2.22. The van der Waals surface area contributed by atoms with Gasteiger partial charge in [0.15, 0.2) is 0 Å². The number of rotatable bonds is 5. The molecule has 1 fully saturated rings. The maximum atomic E-state index is 9.55. The Bertz CT molecular complexity index is 842. The summed E-state index contributed by atoms with van der Waals surface area (Å²) in [5, 5.41) is 17.4. The molecule has 2 aromatic rings. The summed E-state index contributed by atoms with van der Waals surface area (Å²) in [7, 11) is 0. The Hall–Kier alpha value is -2.19. The highest BCUT2D eigenvalue weighted by Gasteiger charge is 2.26. The quantitative estimate of drug-likeness (QED) is 0.576. The van der Waals surface area contributed by atoms with E-state index in [1.54, 1.807) is 18.6 Å². The Morgan fingerprint density at radius 3 is 3.12 bits per heavy atom. The zero-order valence-electron chi connectivity index (χ0n) is 14.3. The number of halogens is 1. The SMILES string of the molecule is O[n+]1cccc(CNC2=CC(C3CCOC3)=NC(n3cc(Br)cn3)C2)c1. The molecule has 0 aromatic carbocycles.